The Morgan fingerprint density at radius 2 is 1.73 bits per heavy atom. The molecule has 0 aliphatic rings. The van der Waals surface area contributed by atoms with Crippen LogP contribution in [0.4, 0.5) is 0 Å². The molecule has 110 valence electrons. The summed E-state index contributed by atoms with van der Waals surface area (Å²) in [5, 5.41) is 4.17. The quantitative estimate of drug-likeness (QED) is 0.736. The summed E-state index contributed by atoms with van der Waals surface area (Å²) in [4.78, 5) is 17.2. The molecular weight excluding hydrogens is 278 g/mol. The second-order valence-corrected chi connectivity index (χ2v) is 4.71. The second-order valence-electron chi connectivity index (χ2n) is 4.71. The number of hydrogen-bond acceptors (Lipinski definition) is 3. The van der Waals surface area contributed by atoms with Crippen LogP contribution in [0, 0.1) is 0 Å². The molecule has 0 unspecified atom stereocenters. The first-order valence-corrected chi connectivity index (χ1v) is 6.89. The summed E-state index contributed by atoms with van der Waals surface area (Å²) in [6.07, 6.45) is 3.17. The maximum absolute atomic E-state index is 12.0. The van der Waals surface area contributed by atoms with Gasteiger partial charge in [-0.1, -0.05) is 48.5 Å². The SMILES string of the molecule is O=C(NOCc1ccccc1)c1cnn(-c2ccccc2)c1. The van der Waals surface area contributed by atoms with E-state index in [-0.39, 0.29) is 5.91 Å². The second kappa shape index (κ2) is 6.69. The van der Waals surface area contributed by atoms with Crippen LogP contribution in [0.25, 0.3) is 5.69 Å². The zero-order valence-corrected chi connectivity index (χ0v) is 11.8. The fourth-order valence-electron chi connectivity index (χ4n) is 1.98. The van der Waals surface area contributed by atoms with Crippen LogP contribution in [-0.2, 0) is 11.4 Å². The molecule has 0 saturated carbocycles. The van der Waals surface area contributed by atoms with Crippen LogP contribution < -0.4 is 5.48 Å². The predicted octanol–water partition coefficient (Wildman–Crippen LogP) is 2.73. The third kappa shape index (κ3) is 3.39. The van der Waals surface area contributed by atoms with E-state index in [0.717, 1.165) is 11.3 Å². The third-order valence-corrected chi connectivity index (χ3v) is 3.11. The Morgan fingerprint density at radius 1 is 1.05 bits per heavy atom. The topological polar surface area (TPSA) is 56.1 Å². The van der Waals surface area contributed by atoms with Gasteiger partial charge in [-0.05, 0) is 17.7 Å². The molecule has 1 heterocycles. The van der Waals surface area contributed by atoms with Gasteiger partial charge >= 0.3 is 0 Å². The molecule has 2 aromatic carbocycles. The lowest BCUT2D eigenvalue weighted by Gasteiger charge is -2.04. The molecule has 0 aliphatic carbocycles. The van der Waals surface area contributed by atoms with Gasteiger partial charge in [0, 0.05) is 6.20 Å². The van der Waals surface area contributed by atoms with E-state index in [9.17, 15) is 4.79 Å². The van der Waals surface area contributed by atoms with Crippen LogP contribution in [0.3, 0.4) is 0 Å². The molecule has 5 nitrogen and oxygen atoms in total. The molecule has 0 radical (unpaired) electrons. The number of nitrogens with zero attached hydrogens (tertiary/aromatic N) is 2. The van der Waals surface area contributed by atoms with Crippen molar-refractivity contribution in [1.82, 2.24) is 15.3 Å². The minimum absolute atomic E-state index is 0.319. The summed E-state index contributed by atoms with van der Waals surface area (Å²) < 4.78 is 1.64. The fourth-order valence-corrected chi connectivity index (χ4v) is 1.98. The number of nitrogens with one attached hydrogen (secondary N) is 1. The molecule has 3 aromatic rings. The minimum atomic E-state index is -0.321. The summed E-state index contributed by atoms with van der Waals surface area (Å²) in [5.41, 5.74) is 4.75. The van der Waals surface area contributed by atoms with Crippen LogP contribution >= 0.6 is 0 Å². The summed E-state index contributed by atoms with van der Waals surface area (Å²) >= 11 is 0. The molecule has 0 atom stereocenters. The highest BCUT2D eigenvalue weighted by Gasteiger charge is 2.09. The maximum Gasteiger partial charge on any atom is 0.278 e. The molecule has 5 heteroatoms. The number of benzene rings is 2. The van der Waals surface area contributed by atoms with Gasteiger partial charge in [0.25, 0.3) is 5.91 Å². The van der Waals surface area contributed by atoms with Gasteiger partial charge in [0.05, 0.1) is 24.1 Å². The molecule has 0 saturated heterocycles. The van der Waals surface area contributed by atoms with Crippen molar-refractivity contribution in [3.8, 4) is 5.69 Å². The van der Waals surface area contributed by atoms with Crippen LogP contribution in [0.1, 0.15) is 15.9 Å². The number of rotatable bonds is 5. The van der Waals surface area contributed by atoms with E-state index in [4.69, 9.17) is 4.84 Å². The van der Waals surface area contributed by atoms with E-state index >= 15 is 0 Å². The maximum atomic E-state index is 12.0. The van der Waals surface area contributed by atoms with Gasteiger partial charge in [0.15, 0.2) is 0 Å². The van der Waals surface area contributed by atoms with Crippen molar-refractivity contribution in [2.75, 3.05) is 0 Å². The number of carbonyl (C=O) groups is 1. The lowest BCUT2D eigenvalue weighted by atomic mass is 10.2. The highest BCUT2D eigenvalue weighted by Crippen LogP contribution is 2.07. The lowest BCUT2D eigenvalue weighted by molar-refractivity contribution is 0.0233. The smallest absolute Gasteiger partial charge is 0.269 e. The number of aromatic nitrogens is 2. The van der Waals surface area contributed by atoms with Crippen molar-refractivity contribution >= 4 is 5.91 Å². The Morgan fingerprint density at radius 3 is 2.45 bits per heavy atom. The molecule has 22 heavy (non-hydrogen) atoms. The van der Waals surface area contributed by atoms with Crippen LogP contribution in [0.5, 0.6) is 0 Å². The molecule has 3 rings (SSSR count). The van der Waals surface area contributed by atoms with Crippen molar-refractivity contribution in [2.24, 2.45) is 0 Å². The molecule has 0 bridgehead atoms. The first-order chi connectivity index (χ1) is 10.8. The Bertz CT molecular complexity index is 739. The number of amides is 1. The van der Waals surface area contributed by atoms with Crippen molar-refractivity contribution in [2.45, 2.75) is 6.61 Å². The van der Waals surface area contributed by atoms with Gasteiger partial charge in [-0.15, -0.1) is 0 Å². The van der Waals surface area contributed by atoms with E-state index in [1.165, 1.54) is 6.20 Å². The molecule has 0 fully saturated rings. The molecular formula is C17H15N3O2. The summed E-state index contributed by atoms with van der Waals surface area (Å²) in [6, 6.07) is 19.2. The predicted molar refractivity (Wildman–Crippen MR) is 82.3 cm³/mol. The van der Waals surface area contributed by atoms with Gasteiger partial charge in [0.2, 0.25) is 0 Å². The highest BCUT2D eigenvalue weighted by atomic mass is 16.6. The monoisotopic (exact) mass is 293 g/mol. The van der Waals surface area contributed by atoms with E-state index in [1.54, 1.807) is 10.9 Å². The minimum Gasteiger partial charge on any atom is -0.269 e. The van der Waals surface area contributed by atoms with E-state index < -0.39 is 0 Å². The number of hydrogen-bond donors (Lipinski definition) is 1. The first kappa shape index (κ1) is 14.0. The zero-order valence-electron chi connectivity index (χ0n) is 11.8. The fraction of sp³-hybridized carbons (Fsp3) is 0.0588. The van der Waals surface area contributed by atoms with Gasteiger partial charge in [0.1, 0.15) is 0 Å². The van der Waals surface area contributed by atoms with Crippen molar-refractivity contribution in [1.29, 1.82) is 0 Å². The molecule has 0 spiro atoms. The van der Waals surface area contributed by atoms with E-state index in [0.29, 0.717) is 12.2 Å². The Hall–Kier alpha value is -2.92. The molecule has 1 N–H and O–H groups in total. The van der Waals surface area contributed by atoms with Crippen LogP contribution in [-0.4, -0.2) is 15.7 Å². The summed E-state index contributed by atoms with van der Waals surface area (Å²) in [5.74, 6) is -0.321. The average Bonchev–Trinajstić information content (AvgIpc) is 3.07. The normalized spacial score (nSPS) is 10.4. The largest absolute Gasteiger partial charge is 0.278 e. The standard InChI is InChI=1S/C17H15N3O2/c21-17(19-22-13-14-7-3-1-4-8-14)15-11-18-20(12-15)16-9-5-2-6-10-16/h1-12H,13H2,(H,19,21). The first-order valence-electron chi connectivity index (χ1n) is 6.89. The van der Waals surface area contributed by atoms with Gasteiger partial charge in [-0.3, -0.25) is 9.63 Å². The van der Waals surface area contributed by atoms with Crippen LogP contribution in [0.15, 0.2) is 73.1 Å². The van der Waals surface area contributed by atoms with Crippen molar-refractivity contribution in [3.63, 3.8) is 0 Å². The van der Waals surface area contributed by atoms with Crippen molar-refractivity contribution < 1.29 is 9.63 Å². The average molecular weight is 293 g/mol. The van der Waals surface area contributed by atoms with Crippen LogP contribution in [0.2, 0.25) is 0 Å². The summed E-state index contributed by atoms with van der Waals surface area (Å²) in [6.45, 7) is 0.319. The van der Waals surface area contributed by atoms with Crippen molar-refractivity contribution in [3.05, 3.63) is 84.2 Å². The zero-order chi connectivity index (χ0) is 15.2. The molecule has 1 amide bonds. The Kier molecular flexibility index (Phi) is 4.27. The Labute approximate surface area is 128 Å². The molecule has 0 aliphatic heterocycles. The van der Waals surface area contributed by atoms with Gasteiger partial charge < -0.3 is 0 Å². The van der Waals surface area contributed by atoms with Gasteiger partial charge in [-0.2, -0.15) is 5.10 Å². The number of carbonyl (C=O) groups excluding carboxylic acids is 1. The lowest BCUT2D eigenvalue weighted by Crippen LogP contribution is -2.23. The van der Waals surface area contributed by atoms with Gasteiger partial charge in [-0.25, -0.2) is 10.2 Å². The number of hydroxylamine groups is 1. The van der Waals surface area contributed by atoms with E-state index in [2.05, 4.69) is 10.6 Å². The Balaban J connectivity index is 1.58. The molecule has 1 aromatic heterocycles. The highest BCUT2D eigenvalue weighted by molar-refractivity contribution is 5.93. The number of para-hydroxylation sites is 1. The summed E-state index contributed by atoms with van der Waals surface area (Å²) in [7, 11) is 0. The van der Waals surface area contributed by atoms with E-state index in [1.807, 2.05) is 60.7 Å². The third-order valence-electron chi connectivity index (χ3n) is 3.11.